The first kappa shape index (κ1) is 14.9. The Balaban J connectivity index is 2.45. The van der Waals surface area contributed by atoms with E-state index in [9.17, 15) is 19.3 Å². The highest BCUT2D eigenvalue weighted by atomic mass is 79.9. The SMILES string of the molecule is O=C(O)c1ccc([N+](=O)[O-])cc1Nc1ccc(Br)c(F)c1. The molecule has 0 aliphatic rings. The van der Waals surface area contributed by atoms with Gasteiger partial charge in [-0.3, -0.25) is 10.1 Å². The van der Waals surface area contributed by atoms with Gasteiger partial charge in [0.05, 0.1) is 20.6 Å². The highest BCUT2D eigenvalue weighted by Gasteiger charge is 2.16. The van der Waals surface area contributed by atoms with E-state index in [1.54, 1.807) is 0 Å². The molecule has 2 N–H and O–H groups in total. The number of rotatable bonds is 4. The van der Waals surface area contributed by atoms with E-state index in [2.05, 4.69) is 21.2 Å². The number of carbonyl (C=O) groups is 1. The third-order valence-electron chi connectivity index (χ3n) is 2.64. The molecule has 0 aliphatic carbocycles. The number of hydrogen-bond donors (Lipinski definition) is 2. The van der Waals surface area contributed by atoms with Crippen LogP contribution in [0.4, 0.5) is 21.5 Å². The molecular formula is C13H8BrFN2O4. The highest BCUT2D eigenvalue weighted by Crippen LogP contribution is 2.27. The molecule has 0 amide bonds. The number of halogens is 2. The number of aromatic carboxylic acids is 1. The largest absolute Gasteiger partial charge is 0.478 e. The number of nitrogens with one attached hydrogen (secondary N) is 1. The fourth-order valence-corrected chi connectivity index (χ4v) is 1.91. The van der Waals surface area contributed by atoms with E-state index in [1.807, 2.05) is 0 Å². The molecule has 0 unspecified atom stereocenters. The number of carboxylic acid groups (broad SMARTS) is 1. The average molecular weight is 355 g/mol. The fourth-order valence-electron chi connectivity index (χ4n) is 1.67. The summed E-state index contributed by atoms with van der Waals surface area (Å²) in [6.45, 7) is 0. The number of non-ortho nitro benzene ring substituents is 1. The summed E-state index contributed by atoms with van der Waals surface area (Å²) in [7, 11) is 0. The molecule has 2 aromatic rings. The number of anilines is 2. The van der Waals surface area contributed by atoms with Crippen LogP contribution >= 0.6 is 15.9 Å². The average Bonchev–Trinajstić information content (AvgIpc) is 2.42. The molecule has 0 aliphatic heterocycles. The Bertz CT molecular complexity index is 736. The molecule has 2 aromatic carbocycles. The smallest absolute Gasteiger partial charge is 0.337 e. The van der Waals surface area contributed by atoms with Gasteiger partial charge in [0.2, 0.25) is 0 Å². The number of hydrogen-bond acceptors (Lipinski definition) is 4. The Morgan fingerprint density at radius 1 is 1.29 bits per heavy atom. The van der Waals surface area contributed by atoms with Crippen molar-refractivity contribution in [2.45, 2.75) is 0 Å². The Morgan fingerprint density at radius 3 is 2.57 bits per heavy atom. The first-order valence-electron chi connectivity index (χ1n) is 5.62. The topological polar surface area (TPSA) is 92.5 Å². The molecule has 0 spiro atoms. The van der Waals surface area contributed by atoms with Crippen molar-refractivity contribution in [3.8, 4) is 0 Å². The molecule has 2 rings (SSSR count). The van der Waals surface area contributed by atoms with Crippen molar-refractivity contribution in [1.29, 1.82) is 0 Å². The molecule has 21 heavy (non-hydrogen) atoms. The lowest BCUT2D eigenvalue weighted by Gasteiger charge is -2.10. The molecule has 0 saturated heterocycles. The van der Waals surface area contributed by atoms with Crippen molar-refractivity contribution in [3.63, 3.8) is 0 Å². The Kier molecular flexibility index (Phi) is 4.18. The summed E-state index contributed by atoms with van der Waals surface area (Å²) in [6.07, 6.45) is 0. The summed E-state index contributed by atoms with van der Waals surface area (Å²) in [6, 6.07) is 7.40. The molecular weight excluding hydrogens is 347 g/mol. The second-order valence-corrected chi connectivity index (χ2v) is 4.90. The molecule has 0 radical (unpaired) electrons. The van der Waals surface area contributed by atoms with Crippen molar-refractivity contribution in [2.24, 2.45) is 0 Å². The van der Waals surface area contributed by atoms with E-state index in [0.29, 0.717) is 0 Å². The van der Waals surface area contributed by atoms with Crippen LogP contribution in [0, 0.1) is 15.9 Å². The van der Waals surface area contributed by atoms with Crippen LogP contribution < -0.4 is 5.32 Å². The molecule has 108 valence electrons. The van der Waals surface area contributed by atoms with Gasteiger partial charge in [0.25, 0.3) is 5.69 Å². The van der Waals surface area contributed by atoms with Gasteiger partial charge < -0.3 is 10.4 Å². The number of nitro benzene ring substituents is 1. The molecule has 0 fully saturated rings. The Hall–Kier alpha value is -2.48. The minimum Gasteiger partial charge on any atom is -0.478 e. The van der Waals surface area contributed by atoms with Crippen LogP contribution in [0.5, 0.6) is 0 Å². The normalized spacial score (nSPS) is 10.2. The Labute approximate surface area is 126 Å². The summed E-state index contributed by atoms with van der Waals surface area (Å²) in [5.74, 6) is -1.78. The van der Waals surface area contributed by atoms with Gasteiger partial charge in [-0.1, -0.05) is 0 Å². The lowest BCUT2D eigenvalue weighted by atomic mass is 10.1. The lowest BCUT2D eigenvalue weighted by Crippen LogP contribution is -2.04. The van der Waals surface area contributed by atoms with Gasteiger partial charge in [0.15, 0.2) is 0 Å². The second-order valence-electron chi connectivity index (χ2n) is 4.05. The van der Waals surface area contributed by atoms with Gasteiger partial charge in [0, 0.05) is 17.8 Å². The maximum absolute atomic E-state index is 13.4. The van der Waals surface area contributed by atoms with Crippen molar-refractivity contribution in [2.75, 3.05) is 5.32 Å². The van der Waals surface area contributed by atoms with Crippen LogP contribution in [0.25, 0.3) is 0 Å². The van der Waals surface area contributed by atoms with Gasteiger partial charge >= 0.3 is 5.97 Å². The van der Waals surface area contributed by atoms with E-state index in [4.69, 9.17) is 5.11 Å². The summed E-state index contributed by atoms with van der Waals surface area (Å²) in [5, 5.41) is 22.5. The number of nitrogens with zero attached hydrogens (tertiary/aromatic N) is 1. The molecule has 0 bridgehead atoms. The van der Waals surface area contributed by atoms with Crippen molar-refractivity contribution < 1.29 is 19.2 Å². The molecule has 0 aromatic heterocycles. The minimum absolute atomic E-state index is 0.0124. The summed E-state index contributed by atoms with van der Waals surface area (Å²) >= 11 is 3.00. The van der Waals surface area contributed by atoms with Crippen LogP contribution in [-0.2, 0) is 0 Å². The van der Waals surface area contributed by atoms with Crippen molar-refractivity contribution >= 4 is 39.0 Å². The predicted molar refractivity (Wildman–Crippen MR) is 77.4 cm³/mol. The van der Waals surface area contributed by atoms with Crippen LogP contribution in [0.1, 0.15) is 10.4 Å². The van der Waals surface area contributed by atoms with Gasteiger partial charge in [-0.15, -0.1) is 0 Å². The maximum atomic E-state index is 13.4. The molecule has 0 saturated carbocycles. The van der Waals surface area contributed by atoms with E-state index >= 15 is 0 Å². The zero-order chi connectivity index (χ0) is 15.6. The van der Waals surface area contributed by atoms with Crippen LogP contribution in [0.3, 0.4) is 0 Å². The lowest BCUT2D eigenvalue weighted by molar-refractivity contribution is -0.384. The van der Waals surface area contributed by atoms with Crippen LogP contribution in [-0.4, -0.2) is 16.0 Å². The summed E-state index contributed by atoms with van der Waals surface area (Å²) in [5.41, 5.74) is -0.124. The Morgan fingerprint density at radius 2 is 2.00 bits per heavy atom. The zero-order valence-corrected chi connectivity index (χ0v) is 11.9. The van der Waals surface area contributed by atoms with E-state index in [-0.39, 0.29) is 27.1 Å². The molecule has 6 nitrogen and oxygen atoms in total. The first-order chi connectivity index (χ1) is 9.88. The molecule has 8 heteroatoms. The number of carboxylic acids is 1. The van der Waals surface area contributed by atoms with Gasteiger partial charge in [0.1, 0.15) is 5.82 Å². The molecule has 0 heterocycles. The van der Waals surface area contributed by atoms with Crippen LogP contribution in [0.2, 0.25) is 0 Å². The van der Waals surface area contributed by atoms with Crippen LogP contribution in [0.15, 0.2) is 40.9 Å². The van der Waals surface area contributed by atoms with Crippen molar-refractivity contribution in [3.05, 3.63) is 62.4 Å². The monoisotopic (exact) mass is 354 g/mol. The van der Waals surface area contributed by atoms with Gasteiger partial charge in [-0.25, -0.2) is 9.18 Å². The first-order valence-corrected chi connectivity index (χ1v) is 6.41. The number of benzene rings is 2. The fraction of sp³-hybridized carbons (Fsp3) is 0. The minimum atomic E-state index is -1.25. The van der Waals surface area contributed by atoms with Gasteiger partial charge in [-0.05, 0) is 40.2 Å². The maximum Gasteiger partial charge on any atom is 0.337 e. The van der Waals surface area contributed by atoms with E-state index < -0.39 is 16.7 Å². The zero-order valence-electron chi connectivity index (χ0n) is 10.3. The van der Waals surface area contributed by atoms with E-state index in [1.165, 1.54) is 12.1 Å². The number of nitro groups is 1. The highest BCUT2D eigenvalue weighted by molar-refractivity contribution is 9.10. The predicted octanol–water partition coefficient (Wildman–Crippen LogP) is 3.94. The third-order valence-corrected chi connectivity index (χ3v) is 3.29. The second kappa shape index (κ2) is 5.88. The van der Waals surface area contributed by atoms with Gasteiger partial charge in [-0.2, -0.15) is 0 Å². The summed E-state index contributed by atoms with van der Waals surface area (Å²) < 4.78 is 13.7. The standard InChI is InChI=1S/C13H8BrFN2O4/c14-10-4-1-7(5-11(10)15)16-12-6-8(17(20)21)2-3-9(12)13(18)19/h1-6,16H,(H,18,19). The third kappa shape index (κ3) is 3.34. The van der Waals surface area contributed by atoms with Crippen molar-refractivity contribution in [1.82, 2.24) is 0 Å². The quantitative estimate of drug-likeness (QED) is 0.640. The molecule has 0 atom stereocenters. The summed E-state index contributed by atoms with van der Waals surface area (Å²) in [4.78, 5) is 21.2. The van der Waals surface area contributed by atoms with E-state index in [0.717, 1.165) is 24.3 Å².